The molecular formula is C20H24N2O6. The predicted octanol–water partition coefficient (Wildman–Crippen LogP) is 2.34. The summed E-state index contributed by atoms with van der Waals surface area (Å²) in [6.07, 6.45) is 4.29. The average Bonchev–Trinajstić information content (AvgIpc) is 3.27. The minimum atomic E-state index is -0.223. The standard InChI is InChI=1S/C20H24N2O6/c1-25-16-10-14(11-17(26-2)18(16)27-3)19(23)21-15-4-7-22(8-5-15)20(24)13-6-9-28-12-13/h6,9-12,15H,4-5,7-8H2,1-3H3,(H,21,23). The maximum atomic E-state index is 12.7. The van der Waals surface area contributed by atoms with Crippen LogP contribution in [0.25, 0.3) is 0 Å². The maximum Gasteiger partial charge on any atom is 0.257 e. The molecule has 28 heavy (non-hydrogen) atoms. The highest BCUT2D eigenvalue weighted by Gasteiger charge is 2.26. The SMILES string of the molecule is COc1cc(C(=O)NC2CCN(C(=O)c3ccoc3)CC2)cc(OC)c1OC. The third kappa shape index (κ3) is 4.05. The van der Waals surface area contributed by atoms with E-state index in [2.05, 4.69) is 5.32 Å². The van der Waals surface area contributed by atoms with Crippen molar-refractivity contribution in [2.24, 2.45) is 0 Å². The van der Waals surface area contributed by atoms with Gasteiger partial charge >= 0.3 is 0 Å². The van der Waals surface area contributed by atoms with Crippen LogP contribution in [0.5, 0.6) is 17.2 Å². The van der Waals surface area contributed by atoms with Crippen LogP contribution in [0.2, 0.25) is 0 Å². The number of likely N-dealkylation sites (tertiary alicyclic amines) is 1. The molecule has 1 aliphatic heterocycles. The summed E-state index contributed by atoms with van der Waals surface area (Å²) in [6.45, 7) is 1.15. The van der Waals surface area contributed by atoms with Gasteiger partial charge in [0.15, 0.2) is 11.5 Å². The van der Waals surface area contributed by atoms with E-state index in [0.717, 1.165) is 0 Å². The Morgan fingerprint density at radius 3 is 2.18 bits per heavy atom. The van der Waals surface area contributed by atoms with Crippen LogP contribution in [0.15, 0.2) is 35.1 Å². The lowest BCUT2D eigenvalue weighted by Crippen LogP contribution is -2.46. The van der Waals surface area contributed by atoms with Gasteiger partial charge in [0.05, 0.1) is 33.2 Å². The number of rotatable bonds is 6. The lowest BCUT2D eigenvalue weighted by Gasteiger charge is -2.32. The molecule has 0 bridgehead atoms. The second-order valence-electron chi connectivity index (χ2n) is 6.47. The fourth-order valence-electron chi connectivity index (χ4n) is 3.28. The van der Waals surface area contributed by atoms with Gasteiger partial charge < -0.3 is 28.8 Å². The smallest absolute Gasteiger partial charge is 0.257 e. The van der Waals surface area contributed by atoms with E-state index >= 15 is 0 Å². The van der Waals surface area contributed by atoms with Crippen molar-refractivity contribution in [1.29, 1.82) is 0 Å². The Bertz CT molecular complexity index is 800. The van der Waals surface area contributed by atoms with E-state index < -0.39 is 0 Å². The number of methoxy groups -OCH3 is 3. The van der Waals surface area contributed by atoms with E-state index in [1.807, 2.05) is 0 Å². The molecule has 1 aliphatic rings. The van der Waals surface area contributed by atoms with E-state index in [0.29, 0.717) is 54.3 Å². The van der Waals surface area contributed by atoms with Gasteiger partial charge in [-0.25, -0.2) is 0 Å². The minimum Gasteiger partial charge on any atom is -0.493 e. The van der Waals surface area contributed by atoms with Crippen LogP contribution >= 0.6 is 0 Å². The molecule has 1 fully saturated rings. The van der Waals surface area contributed by atoms with Crippen LogP contribution in [0.4, 0.5) is 0 Å². The molecule has 0 atom stereocenters. The molecule has 2 heterocycles. The molecule has 8 nitrogen and oxygen atoms in total. The van der Waals surface area contributed by atoms with Crippen molar-refractivity contribution in [3.8, 4) is 17.2 Å². The molecule has 2 aromatic rings. The zero-order valence-electron chi connectivity index (χ0n) is 16.2. The van der Waals surface area contributed by atoms with Crippen molar-refractivity contribution in [1.82, 2.24) is 10.2 Å². The van der Waals surface area contributed by atoms with Gasteiger partial charge in [-0.1, -0.05) is 0 Å². The summed E-state index contributed by atoms with van der Waals surface area (Å²) < 4.78 is 20.8. The number of ether oxygens (including phenoxy) is 3. The van der Waals surface area contributed by atoms with Crippen molar-refractivity contribution in [3.05, 3.63) is 41.9 Å². The monoisotopic (exact) mass is 388 g/mol. The zero-order chi connectivity index (χ0) is 20.1. The quantitative estimate of drug-likeness (QED) is 0.817. The Morgan fingerprint density at radius 2 is 1.68 bits per heavy atom. The summed E-state index contributed by atoms with van der Waals surface area (Å²) >= 11 is 0. The number of nitrogens with zero attached hydrogens (tertiary/aromatic N) is 1. The maximum absolute atomic E-state index is 12.7. The van der Waals surface area contributed by atoms with Crippen molar-refractivity contribution in [2.75, 3.05) is 34.4 Å². The molecule has 8 heteroatoms. The first-order chi connectivity index (χ1) is 13.6. The molecule has 0 unspecified atom stereocenters. The number of piperidine rings is 1. The summed E-state index contributed by atoms with van der Waals surface area (Å²) in [4.78, 5) is 26.8. The minimum absolute atomic E-state index is 0.0139. The van der Waals surface area contributed by atoms with Gasteiger partial charge in [-0.3, -0.25) is 9.59 Å². The fourth-order valence-corrected chi connectivity index (χ4v) is 3.28. The lowest BCUT2D eigenvalue weighted by atomic mass is 10.0. The molecular weight excluding hydrogens is 364 g/mol. The summed E-state index contributed by atoms with van der Waals surface area (Å²) in [5.41, 5.74) is 0.964. The second kappa shape index (κ2) is 8.69. The van der Waals surface area contributed by atoms with Gasteiger partial charge in [-0.05, 0) is 31.0 Å². The Kier molecular flexibility index (Phi) is 6.08. The predicted molar refractivity (Wildman–Crippen MR) is 101 cm³/mol. The van der Waals surface area contributed by atoms with Gasteiger partial charge in [0.1, 0.15) is 6.26 Å². The molecule has 1 aromatic carbocycles. The number of hydrogen-bond acceptors (Lipinski definition) is 6. The molecule has 150 valence electrons. The van der Waals surface area contributed by atoms with Crippen LogP contribution < -0.4 is 19.5 Å². The Morgan fingerprint density at radius 1 is 1.04 bits per heavy atom. The van der Waals surface area contributed by atoms with Crippen molar-refractivity contribution >= 4 is 11.8 Å². The third-order valence-electron chi connectivity index (χ3n) is 4.81. The molecule has 0 radical (unpaired) electrons. The van der Waals surface area contributed by atoms with Crippen LogP contribution in [0.1, 0.15) is 33.6 Å². The molecule has 3 rings (SSSR count). The Hall–Kier alpha value is -3.16. The number of carbonyl (C=O) groups excluding carboxylic acids is 2. The Balaban J connectivity index is 1.62. The van der Waals surface area contributed by atoms with E-state index in [-0.39, 0.29) is 17.9 Å². The third-order valence-corrected chi connectivity index (χ3v) is 4.81. The summed E-state index contributed by atoms with van der Waals surface area (Å²) in [6, 6.07) is 4.88. The van der Waals surface area contributed by atoms with Gasteiger partial charge in [-0.2, -0.15) is 0 Å². The van der Waals surface area contributed by atoms with Gasteiger partial charge in [0, 0.05) is 24.7 Å². The number of carbonyl (C=O) groups is 2. The van der Waals surface area contributed by atoms with Crippen molar-refractivity contribution in [2.45, 2.75) is 18.9 Å². The topological polar surface area (TPSA) is 90.2 Å². The normalized spacial score (nSPS) is 14.5. The highest BCUT2D eigenvalue weighted by Crippen LogP contribution is 2.38. The molecule has 1 aromatic heterocycles. The highest BCUT2D eigenvalue weighted by molar-refractivity contribution is 5.96. The molecule has 2 amide bonds. The van der Waals surface area contributed by atoms with Crippen molar-refractivity contribution in [3.63, 3.8) is 0 Å². The first kappa shape index (κ1) is 19.6. The zero-order valence-corrected chi connectivity index (χ0v) is 16.2. The summed E-state index contributed by atoms with van der Waals surface area (Å²) in [5.74, 6) is 1.01. The lowest BCUT2D eigenvalue weighted by molar-refractivity contribution is 0.0697. The van der Waals surface area contributed by atoms with Crippen LogP contribution in [0, 0.1) is 0 Å². The van der Waals surface area contributed by atoms with E-state index in [4.69, 9.17) is 18.6 Å². The molecule has 0 aliphatic carbocycles. The van der Waals surface area contributed by atoms with Gasteiger partial charge in [0.25, 0.3) is 11.8 Å². The van der Waals surface area contributed by atoms with Crippen molar-refractivity contribution < 1.29 is 28.2 Å². The van der Waals surface area contributed by atoms with Crippen LogP contribution in [-0.2, 0) is 0 Å². The van der Waals surface area contributed by atoms with E-state index in [9.17, 15) is 9.59 Å². The summed E-state index contributed by atoms with van der Waals surface area (Å²) in [5, 5.41) is 3.02. The Labute approximate surface area is 163 Å². The first-order valence-corrected chi connectivity index (χ1v) is 8.99. The molecule has 1 saturated heterocycles. The summed E-state index contributed by atoms with van der Waals surface area (Å²) in [7, 11) is 4.52. The molecule has 1 N–H and O–H groups in total. The number of furan rings is 1. The first-order valence-electron chi connectivity index (χ1n) is 8.99. The highest BCUT2D eigenvalue weighted by atomic mass is 16.5. The fraction of sp³-hybridized carbons (Fsp3) is 0.400. The van der Waals surface area contributed by atoms with E-state index in [1.165, 1.54) is 33.9 Å². The average molecular weight is 388 g/mol. The van der Waals surface area contributed by atoms with Gasteiger partial charge in [-0.15, -0.1) is 0 Å². The number of benzene rings is 1. The van der Waals surface area contributed by atoms with Gasteiger partial charge in [0.2, 0.25) is 5.75 Å². The van der Waals surface area contributed by atoms with Crippen LogP contribution in [-0.4, -0.2) is 57.2 Å². The number of amides is 2. The van der Waals surface area contributed by atoms with Crippen LogP contribution in [0.3, 0.4) is 0 Å². The van der Waals surface area contributed by atoms with E-state index in [1.54, 1.807) is 23.1 Å². The molecule has 0 spiro atoms. The second-order valence-corrected chi connectivity index (χ2v) is 6.47. The number of nitrogens with one attached hydrogen (secondary N) is 1. The largest absolute Gasteiger partial charge is 0.493 e. The number of hydrogen-bond donors (Lipinski definition) is 1. The molecule has 0 saturated carbocycles.